The predicted octanol–water partition coefficient (Wildman–Crippen LogP) is -3.15. The van der Waals surface area contributed by atoms with Crippen molar-refractivity contribution in [3.63, 3.8) is 0 Å². The van der Waals surface area contributed by atoms with E-state index < -0.39 is 47.7 Å². The smallest absolute Gasteiger partial charge is 0.326 e. The first kappa shape index (κ1) is 29.6. The van der Waals surface area contributed by atoms with Crippen LogP contribution in [0, 0.1) is 5.92 Å². The van der Waals surface area contributed by atoms with Gasteiger partial charge in [0.25, 0.3) is 0 Å². The van der Waals surface area contributed by atoms with Crippen LogP contribution >= 0.6 is 0 Å². The first-order valence-electron chi connectivity index (χ1n) is 10.6. The van der Waals surface area contributed by atoms with E-state index in [-0.39, 0.29) is 44.2 Å². The lowest BCUT2D eigenvalue weighted by Crippen LogP contribution is -2.58. The molecular weight excluding hydrogens is 436 g/mol. The molecule has 0 bridgehead atoms. The minimum atomic E-state index is -1.25. The highest BCUT2D eigenvalue weighted by Gasteiger charge is 2.32. The summed E-state index contributed by atoms with van der Waals surface area (Å²) in [6.07, 6.45) is 0.578. The fourth-order valence-corrected chi connectivity index (χ4v) is 2.79. The second kappa shape index (κ2) is 15.4. The number of carbonyl (C=O) groups is 5. The minimum absolute atomic E-state index is 0.0623. The van der Waals surface area contributed by atoms with Gasteiger partial charge in [-0.2, -0.15) is 0 Å². The Morgan fingerprint density at radius 3 is 2.06 bits per heavy atom. The molecule has 4 amide bonds. The van der Waals surface area contributed by atoms with Gasteiger partial charge < -0.3 is 44.0 Å². The molecule has 188 valence electrons. The van der Waals surface area contributed by atoms with Crippen molar-refractivity contribution in [3.8, 4) is 0 Å². The Morgan fingerprint density at radius 1 is 0.939 bits per heavy atom. The molecule has 0 aliphatic rings. The molecular formula is C19H36N8O6. The number of carboxylic acid groups (broad SMARTS) is 1. The molecule has 14 heteroatoms. The molecule has 33 heavy (non-hydrogen) atoms. The highest BCUT2D eigenvalue weighted by molar-refractivity contribution is 5.94. The van der Waals surface area contributed by atoms with Gasteiger partial charge in [0.15, 0.2) is 5.96 Å². The maximum atomic E-state index is 12.9. The molecule has 14 nitrogen and oxygen atoms in total. The van der Waals surface area contributed by atoms with E-state index in [9.17, 15) is 29.1 Å². The Bertz CT molecular complexity index is 725. The van der Waals surface area contributed by atoms with Gasteiger partial charge in [0.05, 0.1) is 6.54 Å². The van der Waals surface area contributed by atoms with E-state index in [2.05, 4.69) is 20.9 Å². The quantitative estimate of drug-likeness (QED) is 0.0639. The Balaban J connectivity index is 5.39. The van der Waals surface area contributed by atoms with E-state index in [0.717, 1.165) is 0 Å². The SMILES string of the molecule is CCC(C)C(NC(=O)C(CCC(N)=O)NC(=O)CN)C(=O)NC(CCCN=C(N)N)C(=O)O. The predicted molar refractivity (Wildman–Crippen MR) is 120 cm³/mol. The molecule has 0 aromatic rings. The van der Waals surface area contributed by atoms with Crippen molar-refractivity contribution in [3.05, 3.63) is 0 Å². The Kier molecular flexibility index (Phi) is 13.8. The second-order valence-corrected chi connectivity index (χ2v) is 7.55. The van der Waals surface area contributed by atoms with Crippen molar-refractivity contribution in [1.82, 2.24) is 16.0 Å². The number of aliphatic carboxylic acids is 1. The zero-order valence-electron chi connectivity index (χ0n) is 19.0. The molecule has 0 aliphatic heterocycles. The van der Waals surface area contributed by atoms with E-state index in [1.54, 1.807) is 13.8 Å². The molecule has 12 N–H and O–H groups in total. The molecule has 0 aliphatic carbocycles. The third-order valence-corrected chi connectivity index (χ3v) is 4.87. The fourth-order valence-electron chi connectivity index (χ4n) is 2.79. The average Bonchev–Trinajstić information content (AvgIpc) is 2.75. The van der Waals surface area contributed by atoms with Gasteiger partial charge in [0, 0.05) is 13.0 Å². The molecule has 4 atom stereocenters. The van der Waals surface area contributed by atoms with E-state index in [1.807, 2.05) is 0 Å². The lowest BCUT2D eigenvalue weighted by Gasteiger charge is -2.27. The number of nitrogens with two attached hydrogens (primary N) is 4. The minimum Gasteiger partial charge on any atom is -0.480 e. The summed E-state index contributed by atoms with van der Waals surface area (Å²) in [7, 11) is 0. The van der Waals surface area contributed by atoms with Crippen LogP contribution in [0.3, 0.4) is 0 Å². The van der Waals surface area contributed by atoms with Crippen LogP contribution in [-0.2, 0) is 24.0 Å². The molecule has 0 aromatic carbocycles. The second-order valence-electron chi connectivity index (χ2n) is 7.55. The van der Waals surface area contributed by atoms with E-state index in [4.69, 9.17) is 22.9 Å². The number of nitrogens with one attached hydrogen (secondary N) is 3. The van der Waals surface area contributed by atoms with Gasteiger partial charge in [-0.05, 0) is 25.2 Å². The normalized spacial score (nSPS) is 14.2. The first-order chi connectivity index (χ1) is 15.4. The average molecular weight is 473 g/mol. The van der Waals surface area contributed by atoms with Gasteiger partial charge in [-0.3, -0.25) is 24.2 Å². The van der Waals surface area contributed by atoms with Crippen LogP contribution in [0.25, 0.3) is 0 Å². The fraction of sp³-hybridized carbons (Fsp3) is 0.684. The summed E-state index contributed by atoms with van der Waals surface area (Å²) in [6.45, 7) is 3.31. The molecule has 0 rings (SSSR count). The van der Waals surface area contributed by atoms with E-state index in [0.29, 0.717) is 12.8 Å². The number of rotatable bonds is 16. The molecule has 4 unspecified atom stereocenters. The molecule has 0 saturated heterocycles. The first-order valence-corrected chi connectivity index (χ1v) is 10.6. The van der Waals surface area contributed by atoms with E-state index in [1.165, 1.54) is 0 Å². The Morgan fingerprint density at radius 2 is 1.58 bits per heavy atom. The Hall–Kier alpha value is -3.42. The maximum absolute atomic E-state index is 12.9. The highest BCUT2D eigenvalue weighted by atomic mass is 16.4. The van der Waals surface area contributed by atoms with Gasteiger partial charge in [-0.25, -0.2) is 4.79 Å². The summed E-state index contributed by atoms with van der Waals surface area (Å²) in [4.78, 5) is 63.8. The molecule has 0 aromatic heterocycles. The Labute approximate surface area is 192 Å². The molecule has 0 fully saturated rings. The van der Waals surface area contributed by atoms with Gasteiger partial charge in [0.2, 0.25) is 23.6 Å². The van der Waals surface area contributed by atoms with Crippen LogP contribution in [0.15, 0.2) is 4.99 Å². The van der Waals surface area contributed by atoms with Crippen LogP contribution in [0.2, 0.25) is 0 Å². The standard InChI is InChI=1S/C19H36N8O6/c1-3-10(2)15(17(31)26-12(18(32)33)5-4-8-24-19(22)23)27-16(30)11(6-7-13(21)28)25-14(29)9-20/h10-12,15H,3-9,20H2,1-2H3,(H2,21,28)(H,25,29)(H,26,31)(H,27,30)(H,32,33)(H4,22,23,24). The third kappa shape index (κ3) is 12.3. The maximum Gasteiger partial charge on any atom is 0.326 e. The summed E-state index contributed by atoms with van der Waals surface area (Å²) in [5.41, 5.74) is 20.8. The largest absolute Gasteiger partial charge is 0.480 e. The van der Waals surface area contributed by atoms with E-state index >= 15 is 0 Å². The molecule has 0 spiro atoms. The lowest BCUT2D eigenvalue weighted by molar-refractivity contribution is -0.142. The summed E-state index contributed by atoms with van der Waals surface area (Å²) < 4.78 is 0. The van der Waals surface area contributed by atoms with Crippen molar-refractivity contribution in [2.24, 2.45) is 33.8 Å². The number of amides is 4. The van der Waals surface area contributed by atoms with Gasteiger partial charge in [-0.1, -0.05) is 20.3 Å². The van der Waals surface area contributed by atoms with Crippen LogP contribution in [0.4, 0.5) is 0 Å². The number of hydrogen-bond donors (Lipinski definition) is 8. The summed E-state index contributed by atoms with van der Waals surface area (Å²) in [6, 6.07) is -3.46. The highest BCUT2D eigenvalue weighted by Crippen LogP contribution is 2.11. The van der Waals surface area contributed by atoms with Crippen molar-refractivity contribution >= 4 is 35.6 Å². The number of carboxylic acids is 1. The monoisotopic (exact) mass is 472 g/mol. The van der Waals surface area contributed by atoms with Crippen molar-refractivity contribution in [2.45, 2.75) is 64.1 Å². The number of hydrogen-bond acceptors (Lipinski definition) is 7. The summed E-state index contributed by atoms with van der Waals surface area (Å²) in [5.74, 6) is -4.47. The van der Waals surface area contributed by atoms with Crippen LogP contribution in [0.1, 0.15) is 46.0 Å². The van der Waals surface area contributed by atoms with Gasteiger partial charge >= 0.3 is 5.97 Å². The topological polar surface area (TPSA) is 258 Å². The van der Waals surface area contributed by atoms with Gasteiger partial charge in [0.1, 0.15) is 18.1 Å². The van der Waals surface area contributed by atoms with Crippen LogP contribution in [0.5, 0.6) is 0 Å². The lowest BCUT2D eigenvalue weighted by atomic mass is 9.97. The number of nitrogens with zero attached hydrogens (tertiary/aromatic N) is 1. The third-order valence-electron chi connectivity index (χ3n) is 4.87. The number of carbonyl (C=O) groups excluding carboxylic acids is 4. The molecule has 0 heterocycles. The van der Waals surface area contributed by atoms with Crippen molar-refractivity contribution in [1.29, 1.82) is 0 Å². The van der Waals surface area contributed by atoms with Crippen molar-refractivity contribution in [2.75, 3.05) is 13.1 Å². The zero-order chi connectivity index (χ0) is 25.6. The van der Waals surface area contributed by atoms with Crippen LogP contribution < -0.4 is 38.9 Å². The number of aliphatic imine (C=N–C) groups is 1. The summed E-state index contributed by atoms with van der Waals surface area (Å²) in [5, 5.41) is 16.8. The zero-order valence-corrected chi connectivity index (χ0v) is 19.0. The molecule has 0 radical (unpaired) electrons. The van der Waals surface area contributed by atoms with Crippen LogP contribution in [-0.4, -0.2) is 71.9 Å². The molecule has 0 saturated carbocycles. The number of primary amides is 1. The van der Waals surface area contributed by atoms with Crippen molar-refractivity contribution < 1.29 is 29.1 Å². The number of guanidine groups is 1. The van der Waals surface area contributed by atoms with Gasteiger partial charge in [-0.15, -0.1) is 0 Å². The summed E-state index contributed by atoms with van der Waals surface area (Å²) >= 11 is 0.